The van der Waals surface area contributed by atoms with Gasteiger partial charge in [0.25, 0.3) is 23.6 Å². The fraction of sp³-hybridized carbons (Fsp3) is 0.635. The average molecular weight is 1200 g/mol. The predicted octanol–water partition coefficient (Wildman–Crippen LogP) is 6.70. The van der Waals surface area contributed by atoms with Gasteiger partial charge in [0.2, 0.25) is 10.0 Å². The van der Waals surface area contributed by atoms with Gasteiger partial charge in [-0.1, -0.05) is 116 Å². The van der Waals surface area contributed by atoms with Crippen LogP contribution < -0.4 is 0 Å². The topological polar surface area (TPSA) is 242 Å². The van der Waals surface area contributed by atoms with Gasteiger partial charge in [0.1, 0.15) is 29.1 Å². The summed E-state index contributed by atoms with van der Waals surface area (Å²) >= 11 is 0. The van der Waals surface area contributed by atoms with Crippen molar-refractivity contribution >= 4 is 57.5 Å². The van der Waals surface area contributed by atoms with Crippen molar-refractivity contribution in [1.82, 2.24) is 33.7 Å². The maximum absolute atomic E-state index is 15.1. The zero-order valence-electron chi connectivity index (χ0n) is 52.9. The van der Waals surface area contributed by atoms with Crippen molar-refractivity contribution in [2.45, 2.75) is 201 Å². The SMILES string of the molecule is Cc1nn(Cc2ccc(C[C@H]3OC(=O)[C@H](CC(C)C)N(C)C(=O)[C@@H](C)OC(=O)[C@H](CC(C)C)N(C)C(=O)[C@@H](Cc4ccccc4)OC(=O)[C@H](CC(C)C)N(C)C(=O)[C@@H](C)OC(=O)[C@H](CC(C)C)N(C)C3=O)cc2)c(C)c1S(=O)(=O)N1CCCCC1. The number of piperidine rings is 1. The summed E-state index contributed by atoms with van der Waals surface area (Å²) in [5, 5.41) is 4.62. The van der Waals surface area contributed by atoms with Gasteiger partial charge in [-0.2, -0.15) is 9.40 Å². The third kappa shape index (κ3) is 18.2. The van der Waals surface area contributed by atoms with Gasteiger partial charge in [-0.25, -0.2) is 27.6 Å². The number of amides is 4. The molecule has 0 N–H and O–H groups in total. The summed E-state index contributed by atoms with van der Waals surface area (Å²) in [5.74, 6) is -7.65. The number of hydrogen-bond donors (Lipinski definition) is 0. The molecule has 5 rings (SSSR count). The van der Waals surface area contributed by atoms with Crippen LogP contribution in [0, 0.1) is 37.5 Å². The highest BCUT2D eigenvalue weighted by atomic mass is 32.2. The summed E-state index contributed by atoms with van der Waals surface area (Å²) in [7, 11) is 1.73. The second-order valence-electron chi connectivity index (χ2n) is 24.7. The first kappa shape index (κ1) is 69.1. The van der Waals surface area contributed by atoms with E-state index in [1.807, 2.05) is 55.4 Å². The van der Waals surface area contributed by atoms with E-state index in [4.69, 9.17) is 18.9 Å². The maximum atomic E-state index is 15.1. The molecule has 0 unspecified atom stereocenters. The van der Waals surface area contributed by atoms with Gasteiger partial charge in [0, 0.05) is 54.1 Å². The zero-order valence-corrected chi connectivity index (χ0v) is 53.7. The summed E-state index contributed by atoms with van der Waals surface area (Å²) in [6.45, 7) is 21.9. The van der Waals surface area contributed by atoms with Crippen molar-refractivity contribution in [2.24, 2.45) is 23.7 Å². The molecule has 0 aliphatic carbocycles. The van der Waals surface area contributed by atoms with Gasteiger partial charge in [-0.3, -0.25) is 23.9 Å². The first-order valence-corrected chi connectivity index (χ1v) is 31.3. The van der Waals surface area contributed by atoms with Crippen LogP contribution in [-0.4, -0.2) is 179 Å². The number of sulfonamides is 1. The van der Waals surface area contributed by atoms with Crippen molar-refractivity contribution in [3.63, 3.8) is 0 Å². The highest BCUT2D eigenvalue weighted by Gasteiger charge is 2.43. The number of aryl methyl sites for hydroxylation is 1. The third-order valence-electron chi connectivity index (χ3n) is 15.7. The molecule has 0 bridgehead atoms. The summed E-state index contributed by atoms with van der Waals surface area (Å²) in [6.07, 6.45) is -3.61. The first-order valence-electron chi connectivity index (χ1n) is 29.9. The second-order valence-corrected chi connectivity index (χ2v) is 26.6. The van der Waals surface area contributed by atoms with Crippen LogP contribution in [0.2, 0.25) is 0 Å². The zero-order chi connectivity index (χ0) is 63.4. The number of rotatable bonds is 16. The van der Waals surface area contributed by atoms with Gasteiger partial charge in [0.15, 0.2) is 24.4 Å². The highest BCUT2D eigenvalue weighted by Crippen LogP contribution is 2.28. The summed E-state index contributed by atoms with van der Waals surface area (Å²) < 4.78 is 54.9. The van der Waals surface area contributed by atoms with E-state index in [-0.39, 0.29) is 73.6 Å². The molecule has 4 amide bonds. The molecule has 2 aliphatic heterocycles. The first-order chi connectivity index (χ1) is 39.8. The summed E-state index contributed by atoms with van der Waals surface area (Å²) in [6, 6.07) is 10.7. The smallest absolute Gasteiger partial charge is 0.329 e. The van der Waals surface area contributed by atoms with Gasteiger partial charge < -0.3 is 38.5 Å². The molecule has 8 atom stereocenters. The molecule has 0 saturated carbocycles. The highest BCUT2D eigenvalue weighted by molar-refractivity contribution is 7.89. The Balaban J connectivity index is 1.58. The third-order valence-corrected chi connectivity index (χ3v) is 17.9. The van der Waals surface area contributed by atoms with Crippen LogP contribution in [-0.2, 0) is 86.7 Å². The molecule has 2 saturated heterocycles. The van der Waals surface area contributed by atoms with Gasteiger partial charge in [-0.15, -0.1) is 0 Å². The number of carbonyl (C=O) groups excluding carboxylic acids is 8. The van der Waals surface area contributed by atoms with E-state index in [1.54, 1.807) is 73.1 Å². The number of esters is 4. The molecular weight excluding hydrogens is 1110 g/mol. The lowest BCUT2D eigenvalue weighted by Crippen LogP contribution is -2.55. The van der Waals surface area contributed by atoms with E-state index in [0.717, 1.165) is 44.4 Å². The van der Waals surface area contributed by atoms with E-state index in [2.05, 4.69) is 5.10 Å². The molecule has 21 nitrogen and oxygen atoms in total. The number of nitrogens with zero attached hydrogens (tertiary/aromatic N) is 7. The molecule has 22 heteroatoms. The number of ether oxygens (including phenoxy) is 4. The number of hydrogen-bond acceptors (Lipinski definition) is 15. The second kappa shape index (κ2) is 30.6. The molecule has 2 aromatic carbocycles. The molecule has 3 heterocycles. The fourth-order valence-electron chi connectivity index (χ4n) is 10.9. The molecule has 1 aromatic heterocycles. The van der Waals surface area contributed by atoms with Crippen LogP contribution in [0.5, 0.6) is 0 Å². The lowest BCUT2D eigenvalue weighted by Gasteiger charge is -2.35. The van der Waals surface area contributed by atoms with E-state index < -0.39 is 106 Å². The Morgan fingerprint density at radius 2 is 0.824 bits per heavy atom. The minimum Gasteiger partial charge on any atom is -0.451 e. The minimum absolute atomic E-state index is 0.0516. The van der Waals surface area contributed by atoms with E-state index in [9.17, 15) is 42.0 Å². The van der Waals surface area contributed by atoms with E-state index in [1.165, 1.54) is 46.3 Å². The Bertz CT molecular complexity index is 2910. The van der Waals surface area contributed by atoms with Crippen LogP contribution in [0.1, 0.15) is 142 Å². The van der Waals surface area contributed by atoms with Crippen molar-refractivity contribution < 1.29 is 65.7 Å². The number of likely N-dealkylation sites (N-methyl/N-ethyl adjacent to an activating group) is 4. The molecule has 0 radical (unpaired) electrons. The van der Waals surface area contributed by atoms with Crippen molar-refractivity contribution in [2.75, 3.05) is 41.3 Å². The number of aromatic nitrogens is 2. The summed E-state index contributed by atoms with van der Waals surface area (Å²) in [5.41, 5.74) is 2.80. The molecule has 470 valence electrons. The summed E-state index contributed by atoms with van der Waals surface area (Å²) in [4.78, 5) is 122. The molecule has 2 aliphatic rings. The standard InChI is InChI=1S/C63H93N7O14S/c1-38(2)31-49-60(75)81-45(12)57(72)66(14)52(34-41(7)8)63(78)84-54(36-47-25-27-48(28-26-47)37-70-43(10)55(42(9)64-70)85(79,80)69-29-21-18-22-30-69)59(74)68(16)50(32-39(3)4)61(76)82-44(11)56(71)65(13)51(33-40(5)6)62(77)83-53(58(73)67(49)15)35-46-23-19-17-20-24-46/h17,19-20,23-28,38-41,44-45,49-54H,18,21-22,29-37H2,1-16H3/t44-,45-,49+,50+,51+,52+,53-,54-/m1/s1. The molecule has 0 spiro atoms. The number of carbonyl (C=O) groups is 8. The largest absolute Gasteiger partial charge is 0.451 e. The van der Waals surface area contributed by atoms with Crippen LogP contribution >= 0.6 is 0 Å². The minimum atomic E-state index is -3.78. The van der Waals surface area contributed by atoms with E-state index in [0.29, 0.717) is 35.6 Å². The van der Waals surface area contributed by atoms with Crippen molar-refractivity contribution in [3.8, 4) is 0 Å². The molecule has 2 fully saturated rings. The Morgan fingerprint density at radius 1 is 0.482 bits per heavy atom. The van der Waals surface area contributed by atoms with Crippen LogP contribution in [0.15, 0.2) is 59.5 Å². The normalized spacial score (nSPS) is 24.1. The van der Waals surface area contributed by atoms with Crippen molar-refractivity contribution in [1.29, 1.82) is 0 Å². The number of cyclic esters (lactones) is 4. The monoisotopic (exact) mass is 1200 g/mol. The lowest BCUT2D eigenvalue weighted by atomic mass is 9.99. The van der Waals surface area contributed by atoms with Gasteiger partial charge in [0.05, 0.1) is 17.9 Å². The van der Waals surface area contributed by atoms with Crippen LogP contribution in [0.3, 0.4) is 0 Å². The predicted molar refractivity (Wildman–Crippen MR) is 319 cm³/mol. The lowest BCUT2D eigenvalue weighted by molar-refractivity contribution is -0.176. The average Bonchev–Trinajstić information content (AvgIpc) is 2.23. The molecule has 85 heavy (non-hydrogen) atoms. The van der Waals surface area contributed by atoms with Crippen molar-refractivity contribution in [3.05, 3.63) is 82.7 Å². The Hall–Kier alpha value is -6.68. The quantitative estimate of drug-likeness (QED) is 0.107. The van der Waals surface area contributed by atoms with Crippen LogP contribution in [0.4, 0.5) is 0 Å². The fourth-order valence-corrected chi connectivity index (χ4v) is 12.8. The molecular formula is C63H93N7O14S. The maximum Gasteiger partial charge on any atom is 0.329 e. The van der Waals surface area contributed by atoms with Crippen LogP contribution in [0.25, 0.3) is 0 Å². The number of benzene rings is 2. The molecule has 3 aromatic rings. The van der Waals surface area contributed by atoms with Gasteiger partial charge >= 0.3 is 23.9 Å². The van der Waals surface area contributed by atoms with E-state index >= 15 is 4.79 Å². The van der Waals surface area contributed by atoms with Gasteiger partial charge in [-0.05, 0) is 107 Å². The Kier molecular flexibility index (Phi) is 24.9. The Labute approximate surface area is 503 Å². The Morgan fingerprint density at radius 3 is 1.20 bits per heavy atom.